The summed E-state index contributed by atoms with van der Waals surface area (Å²) in [5.74, 6) is 0. The molecule has 0 aliphatic carbocycles. The van der Waals surface area contributed by atoms with Crippen LogP contribution in [-0.2, 0) is 10.8 Å². The van der Waals surface area contributed by atoms with E-state index in [4.69, 9.17) is 5.73 Å². The van der Waals surface area contributed by atoms with Gasteiger partial charge in [-0.15, -0.1) is 0 Å². The second kappa shape index (κ2) is 5.22. The SMILES string of the molecule is CC(C)(C)c1ccc(-c2cc(C(C)(C)C)ccc2N)cc1. The van der Waals surface area contributed by atoms with E-state index < -0.39 is 0 Å². The summed E-state index contributed by atoms with van der Waals surface area (Å²) in [6.07, 6.45) is 0. The Morgan fingerprint density at radius 3 is 1.62 bits per heavy atom. The first-order valence-corrected chi connectivity index (χ1v) is 7.60. The number of anilines is 1. The molecule has 0 spiro atoms. The van der Waals surface area contributed by atoms with E-state index in [0.29, 0.717) is 0 Å². The van der Waals surface area contributed by atoms with Crippen molar-refractivity contribution in [2.75, 3.05) is 5.73 Å². The predicted octanol–water partition coefficient (Wildman–Crippen LogP) is 5.53. The molecule has 0 fully saturated rings. The highest BCUT2D eigenvalue weighted by atomic mass is 14.6. The lowest BCUT2D eigenvalue weighted by molar-refractivity contribution is 0.590. The van der Waals surface area contributed by atoms with Crippen molar-refractivity contribution in [3.63, 3.8) is 0 Å². The maximum absolute atomic E-state index is 6.19. The second-order valence-corrected chi connectivity index (χ2v) is 7.88. The first kappa shape index (κ1) is 15.6. The summed E-state index contributed by atoms with van der Waals surface area (Å²) < 4.78 is 0. The van der Waals surface area contributed by atoms with Gasteiger partial charge in [0, 0.05) is 11.3 Å². The predicted molar refractivity (Wildman–Crippen MR) is 93.7 cm³/mol. The highest BCUT2D eigenvalue weighted by Crippen LogP contribution is 2.33. The van der Waals surface area contributed by atoms with E-state index in [0.717, 1.165) is 11.3 Å². The molecule has 0 unspecified atom stereocenters. The van der Waals surface area contributed by atoms with Crippen LogP contribution in [0.15, 0.2) is 42.5 Å². The third kappa shape index (κ3) is 3.47. The zero-order valence-electron chi connectivity index (χ0n) is 14.1. The van der Waals surface area contributed by atoms with Crippen LogP contribution < -0.4 is 5.73 Å². The Morgan fingerprint density at radius 1 is 0.667 bits per heavy atom. The van der Waals surface area contributed by atoms with Crippen LogP contribution in [0.1, 0.15) is 52.7 Å². The van der Waals surface area contributed by atoms with Gasteiger partial charge in [-0.1, -0.05) is 71.9 Å². The molecule has 0 amide bonds. The maximum Gasteiger partial charge on any atom is 0.0393 e. The van der Waals surface area contributed by atoms with E-state index >= 15 is 0 Å². The van der Waals surface area contributed by atoms with Crippen LogP contribution in [0.4, 0.5) is 5.69 Å². The van der Waals surface area contributed by atoms with Crippen LogP contribution in [0.5, 0.6) is 0 Å². The summed E-state index contributed by atoms with van der Waals surface area (Å²) in [7, 11) is 0. The van der Waals surface area contributed by atoms with Crippen molar-refractivity contribution < 1.29 is 0 Å². The summed E-state index contributed by atoms with van der Waals surface area (Å²) >= 11 is 0. The molecular formula is C20H27N. The fraction of sp³-hybridized carbons (Fsp3) is 0.400. The molecule has 0 atom stereocenters. The molecule has 0 saturated carbocycles. The minimum atomic E-state index is 0.133. The first-order chi connectivity index (χ1) is 9.59. The minimum absolute atomic E-state index is 0.133. The van der Waals surface area contributed by atoms with Crippen molar-refractivity contribution >= 4 is 5.69 Å². The van der Waals surface area contributed by atoms with Crippen molar-refractivity contribution in [1.29, 1.82) is 0 Å². The lowest BCUT2D eigenvalue weighted by Crippen LogP contribution is -2.11. The molecule has 0 bridgehead atoms. The number of hydrogen-bond donors (Lipinski definition) is 1. The van der Waals surface area contributed by atoms with Crippen molar-refractivity contribution in [1.82, 2.24) is 0 Å². The Balaban J connectivity index is 2.47. The fourth-order valence-corrected chi connectivity index (χ4v) is 2.42. The van der Waals surface area contributed by atoms with E-state index in [-0.39, 0.29) is 10.8 Å². The zero-order valence-corrected chi connectivity index (χ0v) is 14.1. The van der Waals surface area contributed by atoms with Crippen LogP contribution in [0.25, 0.3) is 11.1 Å². The van der Waals surface area contributed by atoms with Crippen LogP contribution in [0.2, 0.25) is 0 Å². The standard InChI is InChI=1S/C20H27N/c1-19(2,3)15-9-7-14(8-10-15)17-13-16(20(4,5)6)11-12-18(17)21/h7-13H,21H2,1-6H3. The Kier molecular flexibility index (Phi) is 3.88. The summed E-state index contributed by atoms with van der Waals surface area (Å²) in [6, 6.07) is 15.1. The molecule has 1 nitrogen and oxygen atoms in total. The molecule has 112 valence electrons. The van der Waals surface area contributed by atoms with Gasteiger partial charge in [-0.2, -0.15) is 0 Å². The van der Waals surface area contributed by atoms with E-state index in [2.05, 4.69) is 77.9 Å². The number of hydrogen-bond acceptors (Lipinski definition) is 1. The molecule has 21 heavy (non-hydrogen) atoms. The second-order valence-electron chi connectivity index (χ2n) is 7.88. The Labute approximate surface area is 129 Å². The monoisotopic (exact) mass is 281 g/mol. The topological polar surface area (TPSA) is 26.0 Å². The molecule has 1 heteroatoms. The Bertz CT molecular complexity index is 622. The molecule has 0 saturated heterocycles. The molecule has 0 heterocycles. The number of nitrogen functional groups attached to an aromatic ring is 1. The molecule has 2 aromatic rings. The molecule has 2 rings (SSSR count). The van der Waals surface area contributed by atoms with Gasteiger partial charge >= 0.3 is 0 Å². The molecule has 2 N–H and O–H groups in total. The largest absolute Gasteiger partial charge is 0.398 e. The van der Waals surface area contributed by atoms with Crippen LogP contribution in [-0.4, -0.2) is 0 Å². The van der Waals surface area contributed by atoms with Gasteiger partial charge < -0.3 is 5.73 Å². The summed E-state index contributed by atoms with van der Waals surface area (Å²) in [5, 5.41) is 0. The smallest absolute Gasteiger partial charge is 0.0393 e. The van der Waals surface area contributed by atoms with Crippen molar-refractivity contribution in [2.45, 2.75) is 52.4 Å². The average Bonchev–Trinajstić information content (AvgIpc) is 2.37. The summed E-state index contributed by atoms with van der Waals surface area (Å²) in [6.45, 7) is 13.4. The number of rotatable bonds is 1. The molecule has 0 aliphatic rings. The van der Waals surface area contributed by atoms with E-state index in [1.807, 2.05) is 6.07 Å². The summed E-state index contributed by atoms with van der Waals surface area (Å²) in [5.41, 5.74) is 12.3. The third-order valence-corrected chi connectivity index (χ3v) is 3.98. The van der Waals surface area contributed by atoms with Gasteiger partial charge in [0.25, 0.3) is 0 Å². The van der Waals surface area contributed by atoms with Crippen LogP contribution in [0, 0.1) is 0 Å². The molecule has 0 radical (unpaired) electrons. The molecule has 0 aromatic heterocycles. The number of nitrogens with two attached hydrogens (primary N) is 1. The number of benzene rings is 2. The van der Waals surface area contributed by atoms with Gasteiger partial charge in [0.2, 0.25) is 0 Å². The maximum atomic E-state index is 6.19. The van der Waals surface area contributed by atoms with Gasteiger partial charge in [-0.3, -0.25) is 0 Å². The van der Waals surface area contributed by atoms with E-state index in [9.17, 15) is 0 Å². The van der Waals surface area contributed by atoms with Crippen LogP contribution in [0.3, 0.4) is 0 Å². The average molecular weight is 281 g/mol. The minimum Gasteiger partial charge on any atom is -0.398 e. The Hall–Kier alpha value is -1.76. The van der Waals surface area contributed by atoms with Crippen molar-refractivity contribution in [2.24, 2.45) is 0 Å². The lowest BCUT2D eigenvalue weighted by Gasteiger charge is -2.22. The van der Waals surface area contributed by atoms with Gasteiger partial charge in [0.15, 0.2) is 0 Å². The fourth-order valence-electron chi connectivity index (χ4n) is 2.42. The molecular weight excluding hydrogens is 254 g/mol. The normalized spacial score (nSPS) is 12.5. The summed E-state index contributed by atoms with van der Waals surface area (Å²) in [4.78, 5) is 0. The van der Waals surface area contributed by atoms with Gasteiger partial charge in [-0.05, 0) is 39.7 Å². The first-order valence-electron chi connectivity index (χ1n) is 7.60. The third-order valence-electron chi connectivity index (χ3n) is 3.98. The molecule has 2 aromatic carbocycles. The molecule has 0 aliphatic heterocycles. The van der Waals surface area contributed by atoms with E-state index in [1.165, 1.54) is 16.7 Å². The van der Waals surface area contributed by atoms with Crippen LogP contribution >= 0.6 is 0 Å². The van der Waals surface area contributed by atoms with E-state index in [1.54, 1.807) is 0 Å². The highest BCUT2D eigenvalue weighted by Gasteiger charge is 2.16. The highest BCUT2D eigenvalue weighted by molar-refractivity contribution is 5.77. The zero-order chi connectivity index (χ0) is 15.8. The van der Waals surface area contributed by atoms with Crippen molar-refractivity contribution in [3.05, 3.63) is 53.6 Å². The lowest BCUT2D eigenvalue weighted by atomic mass is 9.84. The van der Waals surface area contributed by atoms with Gasteiger partial charge in [-0.25, -0.2) is 0 Å². The van der Waals surface area contributed by atoms with Gasteiger partial charge in [0.1, 0.15) is 0 Å². The van der Waals surface area contributed by atoms with Crippen molar-refractivity contribution in [3.8, 4) is 11.1 Å². The van der Waals surface area contributed by atoms with Gasteiger partial charge in [0.05, 0.1) is 0 Å². The quantitative estimate of drug-likeness (QED) is 0.683. The Morgan fingerprint density at radius 2 is 1.14 bits per heavy atom.